The Morgan fingerprint density at radius 3 is 3.05 bits per heavy atom. The molecule has 1 aliphatic rings. The number of amides is 1. The van der Waals surface area contributed by atoms with Gasteiger partial charge in [0.15, 0.2) is 0 Å². The van der Waals surface area contributed by atoms with E-state index < -0.39 is 5.60 Å². The van der Waals surface area contributed by atoms with E-state index in [1.807, 2.05) is 13.0 Å². The molecule has 1 aliphatic heterocycles. The van der Waals surface area contributed by atoms with Crippen LogP contribution in [0.2, 0.25) is 0 Å². The Morgan fingerprint density at radius 1 is 1.48 bits per heavy atom. The molecule has 5 nitrogen and oxygen atoms in total. The molecule has 112 valence electrons. The predicted molar refractivity (Wildman–Crippen MR) is 80.7 cm³/mol. The molecule has 0 spiro atoms. The maximum Gasteiger partial charge on any atom is 0.238 e. The second kappa shape index (κ2) is 6.70. The largest absolute Gasteiger partial charge is 0.390 e. The summed E-state index contributed by atoms with van der Waals surface area (Å²) in [6.45, 7) is 3.71. The van der Waals surface area contributed by atoms with Crippen molar-refractivity contribution in [2.45, 2.75) is 31.8 Å². The number of nitriles is 1. The predicted octanol–water partition coefficient (Wildman–Crippen LogP) is 1.73. The van der Waals surface area contributed by atoms with Crippen molar-refractivity contribution in [3.05, 3.63) is 29.8 Å². The second-order valence-corrected chi connectivity index (χ2v) is 5.87. The van der Waals surface area contributed by atoms with Crippen molar-refractivity contribution >= 4 is 11.6 Å². The molecule has 1 aromatic rings. The third-order valence-electron chi connectivity index (χ3n) is 3.80. The van der Waals surface area contributed by atoms with Crippen LogP contribution in [0.3, 0.4) is 0 Å². The zero-order valence-electron chi connectivity index (χ0n) is 12.3. The Balaban J connectivity index is 1.88. The molecule has 0 bridgehead atoms. The summed E-state index contributed by atoms with van der Waals surface area (Å²) in [5.41, 5.74) is 0.547. The highest BCUT2D eigenvalue weighted by atomic mass is 16.3. The summed E-state index contributed by atoms with van der Waals surface area (Å²) in [6.07, 6.45) is 2.35. The topological polar surface area (TPSA) is 76.4 Å². The van der Waals surface area contributed by atoms with Gasteiger partial charge in [-0.15, -0.1) is 0 Å². The van der Waals surface area contributed by atoms with E-state index in [0.29, 0.717) is 24.2 Å². The summed E-state index contributed by atoms with van der Waals surface area (Å²) in [6, 6.07) is 8.93. The van der Waals surface area contributed by atoms with Gasteiger partial charge in [0.1, 0.15) is 0 Å². The van der Waals surface area contributed by atoms with Gasteiger partial charge in [-0.1, -0.05) is 6.07 Å². The SMILES string of the molecule is CC1(O)CCCN(CC(=O)Nc2cccc(C#N)c2)CC1. The lowest BCUT2D eigenvalue weighted by Crippen LogP contribution is -2.35. The molecule has 21 heavy (non-hydrogen) atoms. The van der Waals surface area contributed by atoms with E-state index in [2.05, 4.69) is 10.2 Å². The van der Waals surface area contributed by atoms with Crippen LogP contribution in [0.5, 0.6) is 0 Å². The van der Waals surface area contributed by atoms with Crippen LogP contribution in [0.4, 0.5) is 5.69 Å². The minimum atomic E-state index is -0.619. The molecule has 1 aromatic carbocycles. The molecule has 0 saturated carbocycles. The molecule has 5 heteroatoms. The van der Waals surface area contributed by atoms with Crippen LogP contribution in [0, 0.1) is 11.3 Å². The van der Waals surface area contributed by atoms with Gasteiger partial charge in [-0.25, -0.2) is 0 Å². The van der Waals surface area contributed by atoms with Crippen LogP contribution >= 0.6 is 0 Å². The van der Waals surface area contributed by atoms with Crippen LogP contribution in [0.1, 0.15) is 31.7 Å². The Kier molecular flexibility index (Phi) is 4.94. The summed E-state index contributed by atoms with van der Waals surface area (Å²) in [7, 11) is 0. The van der Waals surface area contributed by atoms with E-state index in [0.717, 1.165) is 25.9 Å². The van der Waals surface area contributed by atoms with Crippen molar-refractivity contribution in [1.29, 1.82) is 5.26 Å². The van der Waals surface area contributed by atoms with Crippen molar-refractivity contribution in [2.75, 3.05) is 25.0 Å². The number of rotatable bonds is 3. The van der Waals surface area contributed by atoms with Gasteiger partial charge in [0, 0.05) is 12.2 Å². The van der Waals surface area contributed by atoms with Crippen molar-refractivity contribution in [3.8, 4) is 6.07 Å². The average Bonchev–Trinajstić information content (AvgIpc) is 2.60. The maximum atomic E-state index is 12.1. The highest BCUT2D eigenvalue weighted by Crippen LogP contribution is 2.21. The molecule has 0 aromatic heterocycles. The molecule has 1 amide bonds. The first-order valence-electron chi connectivity index (χ1n) is 7.23. The Bertz CT molecular complexity index is 549. The van der Waals surface area contributed by atoms with Gasteiger partial charge in [0.05, 0.1) is 23.8 Å². The zero-order valence-corrected chi connectivity index (χ0v) is 12.3. The van der Waals surface area contributed by atoms with Crippen LogP contribution in [0.15, 0.2) is 24.3 Å². The lowest BCUT2D eigenvalue weighted by Gasteiger charge is -2.22. The maximum absolute atomic E-state index is 12.1. The van der Waals surface area contributed by atoms with Gasteiger partial charge in [-0.05, 0) is 50.9 Å². The van der Waals surface area contributed by atoms with E-state index >= 15 is 0 Å². The number of hydrogen-bond donors (Lipinski definition) is 2. The monoisotopic (exact) mass is 287 g/mol. The third kappa shape index (κ3) is 4.85. The smallest absolute Gasteiger partial charge is 0.238 e. The van der Waals surface area contributed by atoms with Crippen LogP contribution in [-0.2, 0) is 4.79 Å². The molecule has 1 atom stereocenters. The molecule has 2 rings (SSSR count). The van der Waals surface area contributed by atoms with Crippen LogP contribution in [0.25, 0.3) is 0 Å². The fourth-order valence-electron chi connectivity index (χ4n) is 2.55. The number of hydrogen-bond acceptors (Lipinski definition) is 4. The fraction of sp³-hybridized carbons (Fsp3) is 0.500. The van der Waals surface area contributed by atoms with Gasteiger partial charge in [-0.2, -0.15) is 5.26 Å². The van der Waals surface area contributed by atoms with Crippen molar-refractivity contribution in [1.82, 2.24) is 4.90 Å². The van der Waals surface area contributed by atoms with E-state index in [1.165, 1.54) is 0 Å². The number of nitrogens with zero attached hydrogens (tertiary/aromatic N) is 2. The van der Waals surface area contributed by atoms with E-state index in [4.69, 9.17) is 5.26 Å². The molecule has 0 radical (unpaired) electrons. The van der Waals surface area contributed by atoms with Gasteiger partial charge in [-0.3, -0.25) is 9.69 Å². The Hall–Kier alpha value is -1.90. The normalized spacial score (nSPS) is 23.1. The molecular weight excluding hydrogens is 266 g/mol. The number of aliphatic hydroxyl groups is 1. The van der Waals surface area contributed by atoms with Crippen LogP contribution < -0.4 is 5.32 Å². The number of nitrogens with one attached hydrogen (secondary N) is 1. The number of benzene rings is 1. The first-order chi connectivity index (χ1) is 9.98. The molecular formula is C16H21N3O2. The second-order valence-electron chi connectivity index (χ2n) is 5.87. The Morgan fingerprint density at radius 2 is 2.29 bits per heavy atom. The minimum absolute atomic E-state index is 0.0911. The van der Waals surface area contributed by atoms with Crippen molar-refractivity contribution < 1.29 is 9.90 Å². The van der Waals surface area contributed by atoms with Gasteiger partial charge in [0.25, 0.3) is 0 Å². The summed E-state index contributed by atoms with van der Waals surface area (Å²) in [5.74, 6) is -0.0911. The molecule has 1 unspecified atom stereocenters. The van der Waals surface area contributed by atoms with Crippen molar-refractivity contribution in [2.24, 2.45) is 0 Å². The van der Waals surface area contributed by atoms with Crippen molar-refractivity contribution in [3.63, 3.8) is 0 Å². The number of carbonyl (C=O) groups excluding carboxylic acids is 1. The average molecular weight is 287 g/mol. The van der Waals surface area contributed by atoms with Gasteiger partial charge in [0.2, 0.25) is 5.91 Å². The summed E-state index contributed by atoms with van der Waals surface area (Å²) in [4.78, 5) is 14.1. The first-order valence-corrected chi connectivity index (χ1v) is 7.23. The fourth-order valence-corrected chi connectivity index (χ4v) is 2.55. The minimum Gasteiger partial charge on any atom is -0.390 e. The van der Waals surface area contributed by atoms with Crippen LogP contribution in [-0.4, -0.2) is 41.1 Å². The van der Waals surface area contributed by atoms with Gasteiger partial charge >= 0.3 is 0 Å². The third-order valence-corrected chi connectivity index (χ3v) is 3.80. The summed E-state index contributed by atoms with van der Waals surface area (Å²) < 4.78 is 0. The Labute approximate surface area is 125 Å². The quantitative estimate of drug-likeness (QED) is 0.887. The molecule has 1 saturated heterocycles. The van der Waals surface area contributed by atoms with E-state index in [9.17, 15) is 9.90 Å². The first kappa shape index (κ1) is 15.5. The van der Waals surface area contributed by atoms with E-state index in [-0.39, 0.29) is 5.91 Å². The number of carbonyl (C=O) groups is 1. The standard InChI is InChI=1S/C16H21N3O2/c1-16(21)6-3-8-19(9-7-16)12-15(20)18-14-5-2-4-13(10-14)11-17/h2,4-5,10,21H,3,6-9,12H2,1H3,(H,18,20). The summed E-state index contributed by atoms with van der Waals surface area (Å²) >= 11 is 0. The number of anilines is 1. The molecule has 0 aliphatic carbocycles. The molecule has 1 fully saturated rings. The highest BCUT2D eigenvalue weighted by molar-refractivity contribution is 5.92. The molecule has 1 heterocycles. The van der Waals surface area contributed by atoms with Gasteiger partial charge < -0.3 is 10.4 Å². The lowest BCUT2D eigenvalue weighted by atomic mass is 9.98. The zero-order chi connectivity index (χ0) is 15.3. The van der Waals surface area contributed by atoms with E-state index in [1.54, 1.807) is 24.3 Å². The summed E-state index contributed by atoms with van der Waals surface area (Å²) in [5, 5.41) is 21.7. The highest BCUT2D eigenvalue weighted by Gasteiger charge is 2.25. The molecule has 2 N–H and O–H groups in total. The lowest BCUT2D eigenvalue weighted by molar-refractivity contribution is -0.117. The number of likely N-dealkylation sites (tertiary alicyclic amines) is 1.